The Morgan fingerprint density at radius 1 is 1.14 bits per heavy atom. The number of carbonyl (C=O) groups excluding carboxylic acids is 3. The van der Waals surface area contributed by atoms with Crippen molar-refractivity contribution in [3.8, 4) is 5.75 Å². The van der Waals surface area contributed by atoms with E-state index in [9.17, 15) is 24.5 Å². The van der Waals surface area contributed by atoms with E-state index in [1.807, 2.05) is 6.92 Å². The SMILES string of the molecule is Cc1ccc(NC(=O)COc2ccccc2/C=C2\SC(=O)N(Cc3ccccc3[N+](=O)[O-])C2=O)cc1Cl. The van der Waals surface area contributed by atoms with Gasteiger partial charge in [0.15, 0.2) is 6.61 Å². The molecule has 0 unspecified atom stereocenters. The summed E-state index contributed by atoms with van der Waals surface area (Å²) in [6.07, 6.45) is 1.50. The topological polar surface area (TPSA) is 119 Å². The van der Waals surface area contributed by atoms with Crippen LogP contribution in [0.2, 0.25) is 5.02 Å². The molecule has 0 aromatic heterocycles. The fraction of sp³-hybridized carbons (Fsp3) is 0.115. The summed E-state index contributed by atoms with van der Waals surface area (Å²) in [4.78, 5) is 49.7. The van der Waals surface area contributed by atoms with Crippen LogP contribution in [0.4, 0.5) is 16.2 Å². The van der Waals surface area contributed by atoms with Gasteiger partial charge in [0.25, 0.3) is 22.7 Å². The number of nitro benzene ring substituents is 1. The van der Waals surface area contributed by atoms with Gasteiger partial charge in [-0.25, -0.2) is 0 Å². The lowest BCUT2D eigenvalue weighted by atomic mass is 10.1. The number of nitrogens with one attached hydrogen (secondary N) is 1. The van der Waals surface area contributed by atoms with Gasteiger partial charge >= 0.3 is 0 Å². The number of anilines is 1. The van der Waals surface area contributed by atoms with Crippen LogP contribution in [0.3, 0.4) is 0 Å². The monoisotopic (exact) mass is 537 g/mol. The van der Waals surface area contributed by atoms with Crippen molar-refractivity contribution in [3.63, 3.8) is 0 Å². The Labute approximate surface area is 221 Å². The predicted molar refractivity (Wildman–Crippen MR) is 141 cm³/mol. The van der Waals surface area contributed by atoms with Crippen molar-refractivity contribution < 1.29 is 24.0 Å². The zero-order valence-electron chi connectivity index (χ0n) is 19.5. The Bertz CT molecular complexity index is 1440. The van der Waals surface area contributed by atoms with E-state index in [2.05, 4.69) is 5.32 Å². The zero-order chi connectivity index (χ0) is 26.5. The molecule has 1 saturated heterocycles. The Morgan fingerprint density at radius 3 is 2.62 bits per heavy atom. The van der Waals surface area contributed by atoms with Crippen LogP contribution in [0.25, 0.3) is 6.08 Å². The maximum atomic E-state index is 13.0. The van der Waals surface area contributed by atoms with E-state index in [1.165, 1.54) is 24.3 Å². The van der Waals surface area contributed by atoms with Gasteiger partial charge in [0.2, 0.25) is 0 Å². The molecule has 1 fully saturated rings. The summed E-state index contributed by atoms with van der Waals surface area (Å²) in [7, 11) is 0. The number of ether oxygens (including phenoxy) is 1. The molecule has 0 aliphatic carbocycles. The molecule has 4 rings (SSSR count). The van der Waals surface area contributed by atoms with Gasteiger partial charge in [-0.15, -0.1) is 0 Å². The van der Waals surface area contributed by atoms with Crippen LogP contribution in [-0.4, -0.2) is 33.5 Å². The molecular weight excluding hydrogens is 518 g/mol. The van der Waals surface area contributed by atoms with Gasteiger partial charge in [0, 0.05) is 27.9 Å². The van der Waals surface area contributed by atoms with E-state index in [4.69, 9.17) is 16.3 Å². The van der Waals surface area contributed by atoms with E-state index in [-0.39, 0.29) is 29.3 Å². The molecule has 37 heavy (non-hydrogen) atoms. The van der Waals surface area contributed by atoms with Crippen molar-refractivity contribution in [1.29, 1.82) is 0 Å². The number of carbonyl (C=O) groups is 3. The molecule has 0 spiro atoms. The lowest BCUT2D eigenvalue weighted by Gasteiger charge is -2.12. The first-order valence-corrected chi connectivity index (χ1v) is 12.2. The number of rotatable bonds is 8. The lowest BCUT2D eigenvalue weighted by Crippen LogP contribution is -2.27. The van der Waals surface area contributed by atoms with Gasteiger partial charge in [-0.2, -0.15) is 0 Å². The summed E-state index contributed by atoms with van der Waals surface area (Å²) in [6.45, 7) is 1.34. The molecule has 11 heteroatoms. The number of nitrogens with zero attached hydrogens (tertiary/aromatic N) is 2. The Hall–Kier alpha value is -4.15. The maximum Gasteiger partial charge on any atom is 0.293 e. The van der Waals surface area contributed by atoms with Crippen molar-refractivity contribution >= 4 is 57.9 Å². The first-order chi connectivity index (χ1) is 17.7. The van der Waals surface area contributed by atoms with E-state index < -0.39 is 22.0 Å². The van der Waals surface area contributed by atoms with Crippen LogP contribution in [-0.2, 0) is 16.1 Å². The molecule has 3 amide bonds. The highest BCUT2D eigenvalue weighted by molar-refractivity contribution is 8.18. The van der Waals surface area contributed by atoms with Crippen LogP contribution in [0.15, 0.2) is 71.6 Å². The largest absolute Gasteiger partial charge is 0.483 e. The van der Waals surface area contributed by atoms with Gasteiger partial charge in [-0.1, -0.05) is 54.1 Å². The Balaban J connectivity index is 1.46. The molecule has 1 N–H and O–H groups in total. The number of nitro groups is 1. The number of benzene rings is 3. The second kappa shape index (κ2) is 11.3. The number of hydrogen-bond acceptors (Lipinski definition) is 7. The summed E-state index contributed by atoms with van der Waals surface area (Å²) in [5, 5.41) is 14.0. The van der Waals surface area contributed by atoms with Crippen LogP contribution >= 0.6 is 23.4 Å². The molecule has 9 nitrogen and oxygen atoms in total. The second-order valence-electron chi connectivity index (χ2n) is 7.99. The number of halogens is 1. The van der Waals surface area contributed by atoms with Gasteiger partial charge in [-0.3, -0.25) is 29.4 Å². The van der Waals surface area contributed by atoms with Gasteiger partial charge in [-0.05, 0) is 48.5 Å². The third kappa shape index (κ3) is 6.16. The fourth-order valence-electron chi connectivity index (χ4n) is 3.51. The smallest absolute Gasteiger partial charge is 0.293 e. The van der Waals surface area contributed by atoms with Crippen molar-refractivity contribution in [3.05, 3.63) is 103 Å². The van der Waals surface area contributed by atoms with E-state index >= 15 is 0 Å². The Morgan fingerprint density at radius 2 is 1.86 bits per heavy atom. The highest BCUT2D eigenvalue weighted by Crippen LogP contribution is 2.35. The molecule has 3 aromatic carbocycles. The fourth-order valence-corrected chi connectivity index (χ4v) is 4.52. The number of amides is 3. The van der Waals surface area contributed by atoms with Gasteiger partial charge in [0.05, 0.1) is 16.4 Å². The van der Waals surface area contributed by atoms with Crippen molar-refractivity contribution in [1.82, 2.24) is 4.90 Å². The van der Waals surface area contributed by atoms with E-state index in [1.54, 1.807) is 48.5 Å². The molecule has 188 valence electrons. The maximum absolute atomic E-state index is 13.0. The van der Waals surface area contributed by atoms with E-state index in [0.29, 0.717) is 22.0 Å². The van der Waals surface area contributed by atoms with E-state index in [0.717, 1.165) is 22.2 Å². The highest BCUT2D eigenvalue weighted by Gasteiger charge is 2.36. The lowest BCUT2D eigenvalue weighted by molar-refractivity contribution is -0.385. The third-order valence-corrected chi connectivity index (χ3v) is 6.72. The molecule has 1 heterocycles. The third-order valence-electron chi connectivity index (χ3n) is 5.41. The molecule has 1 aliphatic heterocycles. The first kappa shape index (κ1) is 25.9. The van der Waals surface area contributed by atoms with Gasteiger partial charge in [0.1, 0.15) is 5.75 Å². The minimum Gasteiger partial charge on any atom is -0.483 e. The quantitative estimate of drug-likeness (QED) is 0.219. The molecule has 0 atom stereocenters. The highest BCUT2D eigenvalue weighted by atomic mass is 35.5. The van der Waals surface area contributed by atoms with Gasteiger partial charge < -0.3 is 10.1 Å². The summed E-state index contributed by atoms with van der Waals surface area (Å²) < 4.78 is 5.68. The zero-order valence-corrected chi connectivity index (χ0v) is 21.0. The predicted octanol–water partition coefficient (Wildman–Crippen LogP) is 5.81. The first-order valence-electron chi connectivity index (χ1n) is 11.0. The van der Waals surface area contributed by atoms with Crippen molar-refractivity contribution in [2.75, 3.05) is 11.9 Å². The average Bonchev–Trinajstić information content (AvgIpc) is 3.13. The second-order valence-corrected chi connectivity index (χ2v) is 9.39. The van der Waals surface area contributed by atoms with Crippen molar-refractivity contribution in [2.45, 2.75) is 13.5 Å². The van der Waals surface area contributed by atoms with Crippen LogP contribution in [0, 0.1) is 17.0 Å². The van der Waals surface area contributed by atoms with Crippen molar-refractivity contribution in [2.24, 2.45) is 0 Å². The molecule has 1 aliphatic rings. The summed E-state index contributed by atoms with van der Waals surface area (Å²) in [5.41, 5.74) is 1.99. The number of hydrogen-bond donors (Lipinski definition) is 1. The summed E-state index contributed by atoms with van der Waals surface area (Å²) in [5.74, 6) is -0.637. The number of thioether (sulfide) groups is 1. The minimum atomic E-state index is -0.572. The summed E-state index contributed by atoms with van der Waals surface area (Å²) in [6, 6.07) is 17.9. The Kier molecular flexibility index (Phi) is 7.90. The molecule has 0 bridgehead atoms. The normalized spacial score (nSPS) is 14.2. The standard InChI is InChI=1S/C26H20ClN3O6S/c1-16-10-11-19(13-20(16)27)28-24(31)15-36-22-9-5-3-6-17(22)12-23-25(32)29(26(33)37-23)14-18-7-2-4-8-21(18)30(34)35/h2-13H,14-15H2,1H3,(H,28,31)/b23-12-. The van der Waals surface area contributed by atoms with Crippen LogP contribution in [0.1, 0.15) is 16.7 Å². The van der Waals surface area contributed by atoms with Crippen LogP contribution in [0.5, 0.6) is 5.75 Å². The molecule has 0 saturated carbocycles. The number of imide groups is 1. The average molecular weight is 538 g/mol. The molecular formula is C26H20ClN3O6S. The summed E-state index contributed by atoms with van der Waals surface area (Å²) >= 11 is 6.82. The number of para-hydroxylation sites is 2. The molecule has 3 aromatic rings. The molecule has 0 radical (unpaired) electrons. The van der Waals surface area contributed by atoms with Crippen LogP contribution < -0.4 is 10.1 Å². The number of aryl methyl sites for hydroxylation is 1. The minimum absolute atomic E-state index is 0.137.